The van der Waals surface area contributed by atoms with Gasteiger partial charge in [-0.05, 0) is 25.2 Å². The van der Waals surface area contributed by atoms with Gasteiger partial charge in [-0.15, -0.1) is 0 Å². The van der Waals surface area contributed by atoms with E-state index in [1.54, 1.807) is 13.8 Å². The molecule has 6 N–H and O–H groups in total. The number of rotatable bonds is 19. The maximum Gasteiger partial charge on any atom is 0.305 e. The number of carbonyl (C=O) groups excluding carboxylic acids is 6. The highest BCUT2D eigenvalue weighted by molar-refractivity contribution is 5.95. The van der Waals surface area contributed by atoms with Crippen LogP contribution in [0.25, 0.3) is 0 Å². The number of likely N-dealkylation sites (tertiary alicyclic amines) is 1. The lowest BCUT2D eigenvalue weighted by Gasteiger charge is -2.31. The first-order valence-corrected chi connectivity index (χ1v) is 14.6. The highest BCUT2D eigenvalue weighted by atomic mass is 16.4. The van der Waals surface area contributed by atoms with Crippen LogP contribution < -0.4 is 21.3 Å². The van der Waals surface area contributed by atoms with Gasteiger partial charge in [0.25, 0.3) is 0 Å². The molecule has 6 atom stereocenters. The second kappa shape index (κ2) is 18.5. The molecule has 15 heteroatoms. The Morgan fingerprint density at radius 2 is 1.63 bits per heavy atom. The fourth-order valence-electron chi connectivity index (χ4n) is 4.78. The summed E-state index contributed by atoms with van der Waals surface area (Å²) in [5.41, 5.74) is 0. The Labute approximate surface area is 250 Å². The van der Waals surface area contributed by atoms with Crippen molar-refractivity contribution in [1.82, 2.24) is 26.2 Å². The predicted molar refractivity (Wildman–Crippen MR) is 152 cm³/mol. The van der Waals surface area contributed by atoms with E-state index in [1.165, 1.54) is 6.92 Å². The number of nitrogens with zero attached hydrogens (tertiary/aromatic N) is 1. The summed E-state index contributed by atoms with van der Waals surface area (Å²) in [5.74, 6) is -6.01. The number of carboxylic acids is 2. The van der Waals surface area contributed by atoms with Crippen molar-refractivity contribution in [1.29, 1.82) is 0 Å². The zero-order valence-electron chi connectivity index (χ0n) is 25.2. The maximum atomic E-state index is 13.8. The third-order valence-corrected chi connectivity index (χ3v) is 7.26. The Morgan fingerprint density at radius 1 is 0.953 bits per heavy atom. The second-order valence-electron chi connectivity index (χ2n) is 10.9. The van der Waals surface area contributed by atoms with Crippen molar-refractivity contribution in [2.24, 2.45) is 5.92 Å². The predicted octanol–water partition coefficient (Wildman–Crippen LogP) is -0.289. The standard InChI is InChI=1S/C28H45N5O10/c1-5-7-8-9-22(36)30-18-12-21(26(41)31-19(15-34)13-24(39)40)33(14-18)28(43)20(10-11-23(37)38)32-27(42)25(16(3)6-2)29-17(4)35/h15-16,18-21,25H,5-14H2,1-4H3,(H,29,35)(H,30,36)(H,31,41)(H,32,42)(H,37,38)(H,39,40)/t16-,18-,19-,20-,21?,25-/m0/s1. The summed E-state index contributed by atoms with van der Waals surface area (Å²) in [6.07, 6.45) is 1.81. The molecule has 0 radical (unpaired) electrons. The lowest BCUT2D eigenvalue weighted by atomic mass is 9.97. The van der Waals surface area contributed by atoms with Gasteiger partial charge in [0.15, 0.2) is 0 Å². The smallest absolute Gasteiger partial charge is 0.305 e. The zero-order chi connectivity index (χ0) is 32.7. The number of aliphatic carboxylic acids is 2. The third kappa shape index (κ3) is 12.8. The molecule has 0 aromatic carbocycles. The molecule has 1 aliphatic heterocycles. The molecule has 0 spiro atoms. The van der Waals surface area contributed by atoms with Gasteiger partial charge in [-0.2, -0.15) is 0 Å². The van der Waals surface area contributed by atoms with E-state index in [1.807, 2.05) is 6.92 Å². The molecule has 0 aromatic rings. The number of aldehydes is 1. The van der Waals surface area contributed by atoms with Gasteiger partial charge in [-0.25, -0.2) is 0 Å². The van der Waals surface area contributed by atoms with Gasteiger partial charge >= 0.3 is 11.9 Å². The van der Waals surface area contributed by atoms with Crippen molar-refractivity contribution in [2.75, 3.05) is 6.54 Å². The van der Waals surface area contributed by atoms with Crippen LogP contribution in [0, 0.1) is 5.92 Å². The van der Waals surface area contributed by atoms with Crippen LogP contribution in [-0.4, -0.2) is 99.6 Å². The third-order valence-electron chi connectivity index (χ3n) is 7.26. The van der Waals surface area contributed by atoms with E-state index in [-0.39, 0.29) is 43.9 Å². The summed E-state index contributed by atoms with van der Waals surface area (Å²) < 4.78 is 0. The number of amides is 5. The Hall–Kier alpha value is -4.04. The molecule has 0 aliphatic carbocycles. The first kappa shape index (κ1) is 37.0. The molecule has 15 nitrogen and oxygen atoms in total. The van der Waals surface area contributed by atoms with Crippen LogP contribution in [0.3, 0.4) is 0 Å². The van der Waals surface area contributed by atoms with Gasteiger partial charge < -0.3 is 41.2 Å². The lowest BCUT2D eigenvalue weighted by molar-refractivity contribution is -0.144. The van der Waals surface area contributed by atoms with Crippen LogP contribution in [0.2, 0.25) is 0 Å². The van der Waals surface area contributed by atoms with E-state index in [4.69, 9.17) is 5.11 Å². The van der Waals surface area contributed by atoms with Crippen molar-refractivity contribution in [3.05, 3.63) is 0 Å². The summed E-state index contributed by atoms with van der Waals surface area (Å²) in [4.78, 5) is 99.5. The molecule has 5 amide bonds. The quantitative estimate of drug-likeness (QED) is 0.0826. The first-order chi connectivity index (χ1) is 20.2. The molecule has 1 heterocycles. The van der Waals surface area contributed by atoms with Crippen molar-refractivity contribution in [3.63, 3.8) is 0 Å². The van der Waals surface area contributed by atoms with E-state index in [2.05, 4.69) is 21.3 Å². The van der Waals surface area contributed by atoms with E-state index in [0.717, 1.165) is 17.7 Å². The van der Waals surface area contributed by atoms with Crippen LogP contribution in [-0.2, 0) is 38.4 Å². The average Bonchev–Trinajstić information content (AvgIpc) is 3.35. The molecule has 43 heavy (non-hydrogen) atoms. The lowest BCUT2D eigenvalue weighted by Crippen LogP contribution is -2.58. The van der Waals surface area contributed by atoms with Gasteiger partial charge in [0.1, 0.15) is 24.4 Å². The summed E-state index contributed by atoms with van der Waals surface area (Å²) in [5, 5.41) is 28.5. The Kier molecular flexibility index (Phi) is 15.9. The monoisotopic (exact) mass is 611 g/mol. The fraction of sp³-hybridized carbons (Fsp3) is 0.714. The highest BCUT2D eigenvalue weighted by Crippen LogP contribution is 2.22. The average molecular weight is 612 g/mol. The summed E-state index contributed by atoms with van der Waals surface area (Å²) in [6, 6.07) is -5.72. The first-order valence-electron chi connectivity index (χ1n) is 14.6. The van der Waals surface area contributed by atoms with Crippen molar-refractivity contribution >= 4 is 47.8 Å². The van der Waals surface area contributed by atoms with Crippen LogP contribution in [0.5, 0.6) is 0 Å². The number of carboxylic acid groups (broad SMARTS) is 2. The van der Waals surface area contributed by atoms with Gasteiger partial charge in [0.05, 0.1) is 12.5 Å². The van der Waals surface area contributed by atoms with Crippen LogP contribution in [0.4, 0.5) is 0 Å². The SMILES string of the molecule is CCCCCC(=O)N[C@H]1CC(C(=O)N[C@H](C=O)CC(=O)O)N(C(=O)[C@H](CCC(=O)O)NC(=O)[C@@H](NC(C)=O)[C@@H](C)CC)C1. The molecular weight excluding hydrogens is 566 g/mol. The fourth-order valence-corrected chi connectivity index (χ4v) is 4.78. The van der Waals surface area contributed by atoms with E-state index < -0.39 is 78.6 Å². The molecule has 1 rings (SSSR count). The van der Waals surface area contributed by atoms with Crippen molar-refractivity contribution in [2.45, 2.75) is 116 Å². The summed E-state index contributed by atoms with van der Waals surface area (Å²) >= 11 is 0. The Balaban J connectivity index is 3.32. The maximum absolute atomic E-state index is 13.8. The molecule has 1 fully saturated rings. The van der Waals surface area contributed by atoms with E-state index >= 15 is 0 Å². The zero-order valence-corrected chi connectivity index (χ0v) is 25.2. The van der Waals surface area contributed by atoms with Crippen LogP contribution >= 0.6 is 0 Å². The molecule has 0 saturated carbocycles. The normalized spacial score (nSPS) is 18.8. The molecule has 1 aliphatic rings. The van der Waals surface area contributed by atoms with Crippen LogP contribution in [0.15, 0.2) is 0 Å². The number of hydrogen-bond acceptors (Lipinski definition) is 8. The number of unbranched alkanes of at least 4 members (excludes halogenated alkanes) is 2. The topological polar surface area (TPSA) is 228 Å². The Bertz CT molecular complexity index is 1040. The number of carbonyl (C=O) groups is 8. The second-order valence-corrected chi connectivity index (χ2v) is 10.9. The largest absolute Gasteiger partial charge is 0.481 e. The molecule has 0 bridgehead atoms. The van der Waals surface area contributed by atoms with Crippen molar-refractivity contribution < 1.29 is 48.6 Å². The minimum absolute atomic E-state index is 0.0588. The molecule has 1 unspecified atom stereocenters. The number of nitrogens with one attached hydrogen (secondary N) is 4. The molecule has 242 valence electrons. The van der Waals surface area contributed by atoms with Gasteiger partial charge in [0.2, 0.25) is 29.5 Å². The summed E-state index contributed by atoms with van der Waals surface area (Å²) in [7, 11) is 0. The minimum Gasteiger partial charge on any atom is -0.481 e. The molecule has 1 saturated heterocycles. The highest BCUT2D eigenvalue weighted by Gasteiger charge is 2.43. The molecular formula is C28H45N5O10. The Morgan fingerprint density at radius 3 is 2.16 bits per heavy atom. The number of hydrogen-bond donors (Lipinski definition) is 6. The van der Waals surface area contributed by atoms with Gasteiger partial charge in [0, 0.05) is 32.4 Å². The van der Waals surface area contributed by atoms with Gasteiger partial charge in [-0.1, -0.05) is 40.0 Å². The van der Waals surface area contributed by atoms with Crippen LogP contribution in [0.1, 0.15) is 85.5 Å². The minimum atomic E-state index is -1.40. The van der Waals surface area contributed by atoms with E-state index in [0.29, 0.717) is 12.8 Å². The summed E-state index contributed by atoms with van der Waals surface area (Å²) in [6.45, 7) is 6.60. The molecule has 0 aromatic heterocycles. The van der Waals surface area contributed by atoms with Crippen molar-refractivity contribution in [3.8, 4) is 0 Å². The van der Waals surface area contributed by atoms with Gasteiger partial charge in [-0.3, -0.25) is 33.6 Å². The van der Waals surface area contributed by atoms with E-state index in [9.17, 15) is 43.5 Å².